The first-order valence-corrected chi connectivity index (χ1v) is 5.91. The molecule has 2 N–H and O–H groups in total. The number of carbonyl (C=O) groups excluding carboxylic acids is 1. The number of amides is 1. The highest BCUT2D eigenvalue weighted by atomic mass is 16.5. The molecule has 2 heterocycles. The molecule has 15 heavy (non-hydrogen) atoms. The maximum absolute atomic E-state index is 11.8. The first-order chi connectivity index (χ1) is 7.31. The molecule has 0 aliphatic carbocycles. The van der Waals surface area contributed by atoms with E-state index in [0.717, 1.165) is 51.9 Å². The largest absolute Gasteiger partial charge is 0.368 e. The van der Waals surface area contributed by atoms with E-state index in [1.54, 1.807) is 0 Å². The number of likely N-dealkylation sites (tertiary alicyclic amines) is 1. The van der Waals surface area contributed by atoms with Crippen molar-refractivity contribution in [3.05, 3.63) is 0 Å². The van der Waals surface area contributed by atoms with Gasteiger partial charge in [0.15, 0.2) is 0 Å². The highest BCUT2D eigenvalue weighted by Crippen LogP contribution is 2.24. The van der Waals surface area contributed by atoms with Crippen molar-refractivity contribution in [3.8, 4) is 0 Å². The van der Waals surface area contributed by atoms with Gasteiger partial charge in [0.2, 0.25) is 0 Å². The molecule has 4 nitrogen and oxygen atoms in total. The Morgan fingerprint density at radius 3 is 2.87 bits per heavy atom. The molecule has 4 heteroatoms. The quantitative estimate of drug-likeness (QED) is 0.732. The van der Waals surface area contributed by atoms with E-state index in [1.165, 1.54) is 0 Å². The van der Waals surface area contributed by atoms with Crippen LogP contribution in [-0.2, 0) is 9.53 Å². The molecule has 0 radical (unpaired) electrons. The number of hydrogen-bond acceptors (Lipinski definition) is 3. The Hall–Kier alpha value is -0.610. The van der Waals surface area contributed by atoms with E-state index in [9.17, 15) is 4.79 Å². The van der Waals surface area contributed by atoms with Crippen molar-refractivity contribution in [2.45, 2.75) is 31.8 Å². The van der Waals surface area contributed by atoms with Gasteiger partial charge in [0.1, 0.15) is 6.10 Å². The average molecular weight is 212 g/mol. The molecule has 2 saturated heterocycles. The Bertz CT molecular complexity index is 221. The predicted molar refractivity (Wildman–Crippen MR) is 57.3 cm³/mol. The van der Waals surface area contributed by atoms with Crippen LogP contribution < -0.4 is 5.73 Å². The molecule has 0 saturated carbocycles. The molecule has 2 aliphatic heterocycles. The molecule has 1 unspecified atom stereocenters. The Balaban J connectivity index is 1.67. The zero-order valence-electron chi connectivity index (χ0n) is 9.15. The maximum atomic E-state index is 11.8. The van der Waals surface area contributed by atoms with E-state index in [4.69, 9.17) is 10.5 Å². The van der Waals surface area contributed by atoms with Crippen LogP contribution in [-0.4, -0.2) is 43.2 Å². The van der Waals surface area contributed by atoms with Crippen LogP contribution in [0.5, 0.6) is 0 Å². The molecular formula is C11H20N2O2. The van der Waals surface area contributed by atoms with E-state index in [2.05, 4.69) is 0 Å². The van der Waals surface area contributed by atoms with Crippen molar-refractivity contribution >= 4 is 5.91 Å². The lowest BCUT2D eigenvalue weighted by molar-refractivity contribution is -0.147. The number of nitrogens with zero attached hydrogens (tertiary/aromatic N) is 1. The molecule has 0 aromatic heterocycles. The molecule has 86 valence electrons. The van der Waals surface area contributed by atoms with Crippen LogP contribution in [0.1, 0.15) is 25.7 Å². The summed E-state index contributed by atoms with van der Waals surface area (Å²) in [5.41, 5.74) is 5.45. The molecule has 0 aromatic rings. The Morgan fingerprint density at radius 1 is 1.47 bits per heavy atom. The third-order valence-electron chi connectivity index (χ3n) is 3.29. The topological polar surface area (TPSA) is 55.6 Å². The van der Waals surface area contributed by atoms with Crippen LogP contribution in [0.25, 0.3) is 0 Å². The van der Waals surface area contributed by atoms with Crippen LogP contribution in [0.4, 0.5) is 0 Å². The maximum Gasteiger partial charge on any atom is 0.251 e. The number of hydrogen-bond donors (Lipinski definition) is 1. The predicted octanol–water partition coefficient (Wildman–Crippen LogP) is 0.363. The molecule has 0 spiro atoms. The monoisotopic (exact) mass is 212 g/mol. The van der Waals surface area contributed by atoms with E-state index >= 15 is 0 Å². The van der Waals surface area contributed by atoms with Crippen LogP contribution in [0.15, 0.2) is 0 Å². The summed E-state index contributed by atoms with van der Waals surface area (Å²) in [7, 11) is 0. The van der Waals surface area contributed by atoms with Gasteiger partial charge >= 0.3 is 0 Å². The van der Waals surface area contributed by atoms with Crippen LogP contribution in [0.3, 0.4) is 0 Å². The minimum Gasteiger partial charge on any atom is -0.368 e. The molecule has 1 amide bonds. The zero-order valence-corrected chi connectivity index (χ0v) is 9.15. The Kier molecular flexibility index (Phi) is 3.59. The summed E-state index contributed by atoms with van der Waals surface area (Å²) in [4.78, 5) is 13.8. The second-order valence-corrected chi connectivity index (χ2v) is 4.54. The van der Waals surface area contributed by atoms with E-state index in [0.29, 0.717) is 5.92 Å². The highest BCUT2D eigenvalue weighted by Gasteiger charge is 2.35. The lowest BCUT2D eigenvalue weighted by Crippen LogP contribution is -2.53. The van der Waals surface area contributed by atoms with Gasteiger partial charge in [0.05, 0.1) is 0 Å². The average Bonchev–Trinajstić information content (AvgIpc) is 2.68. The lowest BCUT2D eigenvalue weighted by Gasteiger charge is -2.40. The van der Waals surface area contributed by atoms with Crippen molar-refractivity contribution in [2.75, 3.05) is 26.2 Å². The SMILES string of the molecule is NCCCC1CN(C(=O)C2CCCO2)C1. The summed E-state index contributed by atoms with van der Waals surface area (Å²) in [5, 5.41) is 0. The number of ether oxygens (including phenoxy) is 1. The summed E-state index contributed by atoms with van der Waals surface area (Å²) < 4.78 is 5.38. The van der Waals surface area contributed by atoms with Gasteiger partial charge in [0, 0.05) is 19.7 Å². The Morgan fingerprint density at radius 2 is 2.27 bits per heavy atom. The fourth-order valence-corrected chi connectivity index (χ4v) is 2.31. The summed E-state index contributed by atoms with van der Waals surface area (Å²) in [5.74, 6) is 0.885. The third-order valence-corrected chi connectivity index (χ3v) is 3.29. The molecule has 2 rings (SSSR count). The molecule has 0 aromatic carbocycles. The van der Waals surface area contributed by atoms with Gasteiger partial charge in [0.25, 0.3) is 5.91 Å². The van der Waals surface area contributed by atoms with Gasteiger partial charge in [-0.3, -0.25) is 4.79 Å². The van der Waals surface area contributed by atoms with Gasteiger partial charge in [-0.15, -0.1) is 0 Å². The number of carbonyl (C=O) groups is 1. The lowest BCUT2D eigenvalue weighted by atomic mass is 9.94. The molecule has 1 atom stereocenters. The van der Waals surface area contributed by atoms with Crippen molar-refractivity contribution in [2.24, 2.45) is 11.7 Å². The fraction of sp³-hybridized carbons (Fsp3) is 0.909. The normalized spacial score (nSPS) is 26.7. The first kappa shape index (κ1) is 10.9. The molecule has 2 fully saturated rings. The van der Waals surface area contributed by atoms with Crippen molar-refractivity contribution in [1.82, 2.24) is 4.90 Å². The van der Waals surface area contributed by atoms with E-state index in [-0.39, 0.29) is 12.0 Å². The summed E-state index contributed by atoms with van der Waals surface area (Å²) in [6.45, 7) is 3.34. The van der Waals surface area contributed by atoms with Crippen LogP contribution in [0, 0.1) is 5.92 Å². The molecular weight excluding hydrogens is 192 g/mol. The second-order valence-electron chi connectivity index (χ2n) is 4.54. The highest BCUT2D eigenvalue weighted by molar-refractivity contribution is 5.81. The second kappa shape index (κ2) is 4.94. The summed E-state index contributed by atoms with van der Waals surface area (Å²) >= 11 is 0. The molecule has 2 aliphatic rings. The standard InChI is InChI=1S/C11H20N2O2/c12-5-1-3-9-7-13(8-9)11(14)10-4-2-6-15-10/h9-10H,1-8,12H2. The van der Waals surface area contributed by atoms with Crippen molar-refractivity contribution in [3.63, 3.8) is 0 Å². The summed E-state index contributed by atoms with van der Waals surface area (Å²) in [6.07, 6.45) is 4.03. The summed E-state index contributed by atoms with van der Waals surface area (Å²) in [6, 6.07) is 0. The van der Waals surface area contributed by atoms with Gasteiger partial charge in [-0.1, -0.05) is 0 Å². The van der Waals surface area contributed by atoms with Gasteiger partial charge < -0.3 is 15.4 Å². The minimum absolute atomic E-state index is 0.138. The number of rotatable bonds is 4. The van der Waals surface area contributed by atoms with Crippen molar-refractivity contribution in [1.29, 1.82) is 0 Å². The third kappa shape index (κ3) is 2.49. The zero-order chi connectivity index (χ0) is 10.7. The van der Waals surface area contributed by atoms with Gasteiger partial charge in [-0.2, -0.15) is 0 Å². The van der Waals surface area contributed by atoms with E-state index < -0.39 is 0 Å². The fourth-order valence-electron chi connectivity index (χ4n) is 2.31. The van der Waals surface area contributed by atoms with Gasteiger partial charge in [-0.05, 0) is 38.1 Å². The van der Waals surface area contributed by atoms with Crippen LogP contribution >= 0.6 is 0 Å². The Labute approximate surface area is 90.8 Å². The smallest absolute Gasteiger partial charge is 0.251 e. The molecule has 0 bridgehead atoms. The van der Waals surface area contributed by atoms with Crippen molar-refractivity contribution < 1.29 is 9.53 Å². The minimum atomic E-state index is -0.138. The van der Waals surface area contributed by atoms with Crippen LogP contribution in [0.2, 0.25) is 0 Å². The number of nitrogens with two attached hydrogens (primary N) is 1. The van der Waals surface area contributed by atoms with E-state index in [1.807, 2.05) is 4.90 Å². The first-order valence-electron chi connectivity index (χ1n) is 5.91. The van der Waals surface area contributed by atoms with Gasteiger partial charge in [-0.25, -0.2) is 0 Å².